The van der Waals surface area contributed by atoms with Crippen molar-refractivity contribution >= 4 is 73.3 Å². The zero-order chi connectivity index (χ0) is 52.1. The number of rotatable bonds is 0. The van der Waals surface area contributed by atoms with Gasteiger partial charge in [-0.15, -0.1) is 0 Å². The monoisotopic (exact) mass is 1550 g/mol. The Hall–Kier alpha value is -1.25. The molecule has 0 N–H and O–H groups in total. The SMILES string of the molecule is C[c-]1cccc1.Cc1[c-]c(C)cc(C)c1.Cc1[c-]c(C)cc(C)c1.Cc1[c-]c(C)cc(C)c1.Cc1ccc[cH-]1.Cc1ccc[cH-]1.Cc1ccc[cH-]1.Cc1ccc[cH-]1.Cc1ccc[cH-]1.Cc1ccccc1.[Sb].[Sb].[Sb].[Y].[Y].[Y]. The maximum Gasteiger partial charge on any atom is 0 e. The van der Waals surface area contributed by atoms with E-state index in [4.69, 9.17) is 0 Å². The van der Waals surface area contributed by atoms with Gasteiger partial charge in [-0.05, 0) is 6.92 Å². The molecular weight excluding hydrogens is 1470 g/mol. The van der Waals surface area contributed by atoms with Crippen LogP contribution in [0.1, 0.15) is 89.0 Å². The second-order valence-electron chi connectivity index (χ2n) is 18.0. The summed E-state index contributed by atoms with van der Waals surface area (Å²) in [5.41, 5.74) is 20.7. The quantitative estimate of drug-likeness (QED) is 0.105. The molecule has 12 radical (unpaired) electrons. The molecule has 0 aliphatic heterocycles. The minimum Gasteiger partial charge on any atom is -0.213 e. The van der Waals surface area contributed by atoms with E-state index in [9.17, 15) is 0 Å². The Morgan fingerprint density at radius 3 is 0.579 bits per heavy atom. The molecule has 10 aromatic rings. The van der Waals surface area contributed by atoms with E-state index in [0.717, 1.165) is 0 Å². The predicted molar refractivity (Wildman–Crippen MR) is 328 cm³/mol. The molecule has 10 aromatic carbocycles. The summed E-state index contributed by atoms with van der Waals surface area (Å²) in [6, 6.07) is 82.1. The Kier molecular flexibility index (Phi) is 61.5. The van der Waals surface area contributed by atoms with Crippen LogP contribution >= 0.6 is 0 Å². The van der Waals surface area contributed by atoms with Crippen LogP contribution < -0.4 is 0 Å². The molecule has 0 aliphatic rings. The fraction of sp³-hybridized carbons (Fsp3) is 0.229. The van der Waals surface area contributed by atoms with Gasteiger partial charge in [-0.1, -0.05) is 140 Å². The number of benzene rings is 4. The Morgan fingerprint density at radius 2 is 0.487 bits per heavy atom. The van der Waals surface area contributed by atoms with Crippen molar-refractivity contribution in [2.45, 2.75) is 111 Å². The van der Waals surface area contributed by atoms with Gasteiger partial charge in [0.15, 0.2) is 0 Å². The van der Waals surface area contributed by atoms with Gasteiger partial charge in [0.05, 0.1) is 0 Å². The van der Waals surface area contributed by atoms with E-state index in [1.165, 1.54) is 89.0 Å². The van der Waals surface area contributed by atoms with Crippen molar-refractivity contribution in [3.05, 3.63) is 320 Å². The second-order valence-corrected chi connectivity index (χ2v) is 18.0. The molecule has 0 aliphatic carbocycles. The first-order chi connectivity index (χ1) is 33.3. The summed E-state index contributed by atoms with van der Waals surface area (Å²) in [7, 11) is 0. The van der Waals surface area contributed by atoms with Crippen LogP contribution in [0.15, 0.2) is 212 Å². The second kappa shape index (κ2) is 54.3. The summed E-state index contributed by atoms with van der Waals surface area (Å²) < 4.78 is 0. The van der Waals surface area contributed by atoms with Crippen molar-refractivity contribution in [3.63, 3.8) is 0 Å². The molecule has 0 spiro atoms. The van der Waals surface area contributed by atoms with Gasteiger partial charge in [0, 0.05) is 171 Å². The molecule has 76 heavy (non-hydrogen) atoms. The topological polar surface area (TPSA) is 0 Å². The smallest absolute Gasteiger partial charge is 0 e. The maximum atomic E-state index is 3.21. The average molecular weight is 1560 g/mol. The van der Waals surface area contributed by atoms with Crippen LogP contribution in [0.2, 0.25) is 0 Å². The van der Waals surface area contributed by atoms with Crippen LogP contribution in [0.4, 0.5) is 0 Å². The molecule has 0 amide bonds. The zero-order valence-corrected chi connectivity index (χ0v) is 65.0. The van der Waals surface area contributed by atoms with Gasteiger partial charge in [-0.25, -0.2) is 72.8 Å². The molecular formula is C70H83Sb3Y3-9. The summed E-state index contributed by atoms with van der Waals surface area (Å²) in [5, 5.41) is 0. The fourth-order valence-electron chi connectivity index (χ4n) is 6.68. The van der Waals surface area contributed by atoms with Crippen molar-refractivity contribution in [2.75, 3.05) is 0 Å². The summed E-state index contributed by atoms with van der Waals surface area (Å²) >= 11 is 0. The molecule has 0 unspecified atom stereocenters. The molecule has 0 saturated carbocycles. The molecule has 6 heteroatoms. The largest absolute Gasteiger partial charge is 0.213 e. The Balaban J connectivity index is -0.000000178. The van der Waals surface area contributed by atoms with Crippen molar-refractivity contribution in [1.82, 2.24) is 0 Å². The molecule has 0 bridgehead atoms. The molecule has 0 heterocycles. The van der Waals surface area contributed by atoms with Crippen LogP contribution in [0.25, 0.3) is 0 Å². The van der Waals surface area contributed by atoms with Gasteiger partial charge in [0.25, 0.3) is 0 Å². The van der Waals surface area contributed by atoms with E-state index in [0.29, 0.717) is 0 Å². The van der Waals surface area contributed by atoms with Crippen LogP contribution in [-0.4, -0.2) is 73.3 Å². The molecule has 0 atom stereocenters. The number of hydrogen-bond donors (Lipinski definition) is 0. The standard InChI is InChI=1S/3C9H11.C7H8.6C6H7.3Sb.3Y/c3*1-7-4-8(2)6-9(3)5-7;1-7-5-3-2-4-6-7;6*1-6-4-2-3-5-6;;;;;;/h3*4-5H,1-3H3;2-6H,1H3;6*2-5H,1H3;;;;;;/q3*-1;;6*-1;;;;;;. The van der Waals surface area contributed by atoms with E-state index in [1.807, 2.05) is 91.0 Å². The van der Waals surface area contributed by atoms with Gasteiger partial charge < -0.3 is 0 Å². The fourth-order valence-corrected chi connectivity index (χ4v) is 6.68. The van der Waals surface area contributed by atoms with E-state index >= 15 is 0 Å². The van der Waals surface area contributed by atoms with E-state index in [2.05, 4.69) is 250 Å². The normalized spacial score (nSPS) is 8.42. The third-order valence-electron chi connectivity index (χ3n) is 9.76. The number of hydrogen-bond acceptors (Lipinski definition) is 0. The first-order valence-electron chi connectivity index (χ1n) is 24.3. The van der Waals surface area contributed by atoms with E-state index in [-0.39, 0.29) is 171 Å². The van der Waals surface area contributed by atoms with Gasteiger partial charge in [-0.3, -0.25) is 0 Å². The molecule has 0 aromatic heterocycles. The van der Waals surface area contributed by atoms with Crippen molar-refractivity contribution in [3.8, 4) is 0 Å². The van der Waals surface area contributed by atoms with Gasteiger partial charge in [0.1, 0.15) is 0 Å². The van der Waals surface area contributed by atoms with Crippen molar-refractivity contribution in [1.29, 1.82) is 0 Å². The van der Waals surface area contributed by atoms with Crippen LogP contribution in [0.3, 0.4) is 0 Å². The van der Waals surface area contributed by atoms with Crippen molar-refractivity contribution in [2.24, 2.45) is 0 Å². The van der Waals surface area contributed by atoms with Gasteiger partial charge in [0.2, 0.25) is 0 Å². The number of aryl methyl sites for hydroxylation is 16. The molecule has 0 fully saturated rings. The maximum absolute atomic E-state index is 3.21. The van der Waals surface area contributed by atoms with Crippen LogP contribution in [0.5, 0.6) is 0 Å². The summed E-state index contributed by atoms with van der Waals surface area (Å²) in [6.07, 6.45) is 0. The minimum atomic E-state index is 0. The first-order valence-corrected chi connectivity index (χ1v) is 24.3. The molecule has 0 nitrogen and oxygen atoms in total. The average Bonchev–Trinajstić information content (AvgIpc) is 4.14. The van der Waals surface area contributed by atoms with E-state index in [1.54, 1.807) is 0 Å². The zero-order valence-electron chi connectivity index (χ0n) is 48.8. The van der Waals surface area contributed by atoms with Crippen LogP contribution in [0, 0.1) is 129 Å². The molecule has 0 saturated heterocycles. The first kappa shape index (κ1) is 86.0. The van der Waals surface area contributed by atoms with Crippen LogP contribution in [-0.2, 0) is 98.1 Å². The van der Waals surface area contributed by atoms with Crippen molar-refractivity contribution < 1.29 is 98.1 Å². The third kappa shape index (κ3) is 52.1. The van der Waals surface area contributed by atoms with Gasteiger partial charge >= 0.3 is 0 Å². The van der Waals surface area contributed by atoms with Gasteiger partial charge in [-0.2, -0.15) is 211 Å². The summed E-state index contributed by atoms with van der Waals surface area (Å²) in [6.45, 7) is 33.3. The Bertz CT molecular complexity index is 2150. The minimum absolute atomic E-state index is 0. The Labute approximate surface area is 593 Å². The third-order valence-corrected chi connectivity index (χ3v) is 9.76. The predicted octanol–water partition coefficient (Wildman–Crippen LogP) is 18.4. The molecule has 396 valence electrons. The molecule has 10 rings (SSSR count). The summed E-state index contributed by atoms with van der Waals surface area (Å²) in [4.78, 5) is 0. The van der Waals surface area contributed by atoms with E-state index < -0.39 is 0 Å². The Morgan fingerprint density at radius 1 is 0.276 bits per heavy atom. The summed E-state index contributed by atoms with van der Waals surface area (Å²) in [5.74, 6) is 0.